The molecule has 1 heterocycles. The van der Waals surface area contributed by atoms with Crippen LogP contribution in [-0.4, -0.2) is 11.3 Å². The molecular formula is C10H9NO2. The quantitative estimate of drug-likeness (QED) is 0.656. The lowest BCUT2D eigenvalue weighted by molar-refractivity contribution is -0.109. The molecule has 0 spiro atoms. The van der Waals surface area contributed by atoms with Crippen LogP contribution in [0.3, 0.4) is 0 Å². The van der Waals surface area contributed by atoms with Crippen LogP contribution in [0.1, 0.15) is 18.7 Å². The average Bonchev–Trinajstić information content (AvgIpc) is 2.59. The molecule has 0 saturated heterocycles. The van der Waals surface area contributed by atoms with Gasteiger partial charge in [0.25, 0.3) is 0 Å². The van der Waals surface area contributed by atoms with E-state index in [1.54, 1.807) is 6.92 Å². The second-order valence-corrected chi connectivity index (χ2v) is 2.94. The number of para-hydroxylation sites is 2. The summed E-state index contributed by atoms with van der Waals surface area (Å²) in [6.07, 6.45) is 0.824. The summed E-state index contributed by atoms with van der Waals surface area (Å²) < 4.78 is 5.38. The summed E-state index contributed by atoms with van der Waals surface area (Å²) in [4.78, 5) is 14.7. The molecule has 1 unspecified atom stereocenters. The first-order valence-electron chi connectivity index (χ1n) is 4.12. The maximum absolute atomic E-state index is 10.5. The summed E-state index contributed by atoms with van der Waals surface area (Å²) in [5, 5.41) is 0. The Hall–Kier alpha value is -1.64. The molecular weight excluding hydrogens is 166 g/mol. The van der Waals surface area contributed by atoms with E-state index in [2.05, 4.69) is 4.98 Å². The van der Waals surface area contributed by atoms with Gasteiger partial charge in [0, 0.05) is 0 Å². The zero-order chi connectivity index (χ0) is 9.26. The Bertz CT molecular complexity index is 400. The molecule has 1 atom stereocenters. The number of carbonyl (C=O) groups excluding carboxylic acids is 1. The van der Waals surface area contributed by atoms with Crippen molar-refractivity contribution in [3.8, 4) is 0 Å². The van der Waals surface area contributed by atoms with Crippen LogP contribution >= 0.6 is 0 Å². The van der Waals surface area contributed by atoms with Crippen molar-refractivity contribution in [3.05, 3.63) is 30.2 Å². The Kier molecular flexibility index (Phi) is 1.85. The monoisotopic (exact) mass is 175 g/mol. The van der Waals surface area contributed by atoms with Crippen LogP contribution in [0.4, 0.5) is 0 Å². The molecule has 0 amide bonds. The molecule has 0 saturated carbocycles. The van der Waals surface area contributed by atoms with Gasteiger partial charge in [-0.1, -0.05) is 12.1 Å². The zero-order valence-electron chi connectivity index (χ0n) is 7.23. The summed E-state index contributed by atoms with van der Waals surface area (Å²) in [5.41, 5.74) is 1.53. The maximum Gasteiger partial charge on any atom is 0.205 e. The standard InChI is InChI=1S/C10H9NO2/c1-7(6-12)10-11-8-4-2-3-5-9(8)13-10/h2-7H,1H3. The molecule has 0 bridgehead atoms. The summed E-state index contributed by atoms with van der Waals surface area (Å²) in [7, 11) is 0. The Labute approximate surface area is 75.4 Å². The number of fused-ring (bicyclic) bond motifs is 1. The van der Waals surface area contributed by atoms with E-state index in [1.807, 2.05) is 24.3 Å². The van der Waals surface area contributed by atoms with Gasteiger partial charge in [0.15, 0.2) is 5.58 Å². The fraction of sp³-hybridized carbons (Fsp3) is 0.200. The Morgan fingerprint density at radius 1 is 1.46 bits per heavy atom. The minimum absolute atomic E-state index is 0.271. The van der Waals surface area contributed by atoms with Crippen LogP contribution in [0.25, 0.3) is 11.1 Å². The number of aldehydes is 1. The van der Waals surface area contributed by atoms with E-state index in [-0.39, 0.29) is 5.92 Å². The summed E-state index contributed by atoms with van der Waals surface area (Å²) in [6, 6.07) is 7.46. The van der Waals surface area contributed by atoms with Gasteiger partial charge in [-0.05, 0) is 19.1 Å². The summed E-state index contributed by atoms with van der Waals surface area (Å²) in [5.74, 6) is 0.212. The number of nitrogens with zero attached hydrogens (tertiary/aromatic N) is 1. The Balaban J connectivity index is 2.55. The predicted octanol–water partition coefficient (Wildman–Crippen LogP) is 2.13. The Morgan fingerprint density at radius 3 is 2.92 bits per heavy atom. The molecule has 0 radical (unpaired) electrons. The molecule has 13 heavy (non-hydrogen) atoms. The van der Waals surface area contributed by atoms with E-state index >= 15 is 0 Å². The number of rotatable bonds is 2. The highest BCUT2D eigenvalue weighted by molar-refractivity contribution is 5.73. The molecule has 0 fully saturated rings. The molecule has 1 aromatic heterocycles. The van der Waals surface area contributed by atoms with Crippen molar-refractivity contribution in [3.63, 3.8) is 0 Å². The second-order valence-electron chi connectivity index (χ2n) is 2.94. The fourth-order valence-electron chi connectivity index (χ4n) is 1.14. The fourth-order valence-corrected chi connectivity index (χ4v) is 1.14. The largest absolute Gasteiger partial charge is 0.440 e. The highest BCUT2D eigenvalue weighted by atomic mass is 16.3. The van der Waals surface area contributed by atoms with E-state index in [0.717, 1.165) is 17.4 Å². The topological polar surface area (TPSA) is 43.1 Å². The lowest BCUT2D eigenvalue weighted by Crippen LogP contribution is -1.93. The van der Waals surface area contributed by atoms with E-state index in [9.17, 15) is 4.79 Å². The van der Waals surface area contributed by atoms with Gasteiger partial charge in [0.05, 0.1) is 5.92 Å². The van der Waals surface area contributed by atoms with E-state index < -0.39 is 0 Å². The van der Waals surface area contributed by atoms with Crippen molar-refractivity contribution in [1.82, 2.24) is 4.98 Å². The van der Waals surface area contributed by atoms with Crippen molar-refractivity contribution in [1.29, 1.82) is 0 Å². The molecule has 2 aromatic rings. The maximum atomic E-state index is 10.5. The van der Waals surface area contributed by atoms with Crippen LogP contribution in [0.5, 0.6) is 0 Å². The number of oxazole rings is 1. The molecule has 3 heteroatoms. The smallest absolute Gasteiger partial charge is 0.205 e. The van der Waals surface area contributed by atoms with Gasteiger partial charge in [-0.3, -0.25) is 0 Å². The molecule has 0 N–H and O–H groups in total. The van der Waals surface area contributed by atoms with Crippen molar-refractivity contribution in [2.24, 2.45) is 0 Å². The minimum atomic E-state index is -0.271. The lowest BCUT2D eigenvalue weighted by Gasteiger charge is -1.92. The van der Waals surface area contributed by atoms with Gasteiger partial charge >= 0.3 is 0 Å². The third-order valence-corrected chi connectivity index (χ3v) is 1.90. The average molecular weight is 175 g/mol. The van der Waals surface area contributed by atoms with Crippen LogP contribution in [0, 0.1) is 0 Å². The van der Waals surface area contributed by atoms with Gasteiger partial charge in [-0.2, -0.15) is 0 Å². The lowest BCUT2D eigenvalue weighted by atomic mass is 10.2. The van der Waals surface area contributed by atoms with E-state index in [0.29, 0.717) is 5.89 Å². The van der Waals surface area contributed by atoms with Gasteiger partial charge in [0.2, 0.25) is 5.89 Å². The molecule has 3 nitrogen and oxygen atoms in total. The van der Waals surface area contributed by atoms with Gasteiger partial charge in [0.1, 0.15) is 11.8 Å². The minimum Gasteiger partial charge on any atom is -0.440 e. The van der Waals surface area contributed by atoms with Gasteiger partial charge in [-0.25, -0.2) is 4.98 Å². The number of aromatic nitrogens is 1. The number of benzene rings is 1. The van der Waals surface area contributed by atoms with Crippen molar-refractivity contribution >= 4 is 17.4 Å². The first-order valence-corrected chi connectivity index (χ1v) is 4.12. The highest BCUT2D eigenvalue weighted by Gasteiger charge is 2.11. The summed E-state index contributed by atoms with van der Waals surface area (Å²) in [6.45, 7) is 1.76. The number of carbonyl (C=O) groups is 1. The first kappa shape index (κ1) is 7.98. The number of hydrogen-bond acceptors (Lipinski definition) is 3. The van der Waals surface area contributed by atoms with E-state index in [4.69, 9.17) is 4.42 Å². The highest BCUT2D eigenvalue weighted by Crippen LogP contribution is 2.19. The summed E-state index contributed by atoms with van der Waals surface area (Å²) >= 11 is 0. The van der Waals surface area contributed by atoms with Gasteiger partial charge in [-0.15, -0.1) is 0 Å². The molecule has 1 aromatic carbocycles. The molecule has 0 aliphatic rings. The van der Waals surface area contributed by atoms with Crippen molar-refractivity contribution in [2.75, 3.05) is 0 Å². The van der Waals surface area contributed by atoms with Gasteiger partial charge < -0.3 is 9.21 Å². The first-order chi connectivity index (χ1) is 6.31. The van der Waals surface area contributed by atoms with Crippen molar-refractivity contribution < 1.29 is 9.21 Å². The third kappa shape index (κ3) is 1.33. The van der Waals surface area contributed by atoms with E-state index in [1.165, 1.54) is 0 Å². The van der Waals surface area contributed by atoms with Crippen molar-refractivity contribution in [2.45, 2.75) is 12.8 Å². The normalized spacial score (nSPS) is 13.0. The zero-order valence-corrected chi connectivity index (χ0v) is 7.23. The molecule has 0 aliphatic heterocycles. The molecule has 66 valence electrons. The van der Waals surface area contributed by atoms with Crippen LogP contribution in [-0.2, 0) is 4.79 Å². The van der Waals surface area contributed by atoms with Crippen LogP contribution < -0.4 is 0 Å². The Morgan fingerprint density at radius 2 is 2.23 bits per heavy atom. The third-order valence-electron chi connectivity index (χ3n) is 1.90. The van der Waals surface area contributed by atoms with Crippen LogP contribution in [0.15, 0.2) is 28.7 Å². The van der Waals surface area contributed by atoms with Crippen LogP contribution in [0.2, 0.25) is 0 Å². The SMILES string of the molecule is CC(C=O)c1nc2ccccc2o1. The molecule has 2 rings (SSSR count). The predicted molar refractivity (Wildman–Crippen MR) is 48.5 cm³/mol. The molecule has 0 aliphatic carbocycles. The second kappa shape index (κ2) is 3.01. The number of hydrogen-bond donors (Lipinski definition) is 0.